The van der Waals surface area contributed by atoms with Crippen molar-refractivity contribution in [2.45, 2.75) is 53.1 Å². The summed E-state index contributed by atoms with van der Waals surface area (Å²) in [6.45, 7) is 10.9. The highest BCUT2D eigenvalue weighted by Gasteiger charge is 2.42. The van der Waals surface area contributed by atoms with E-state index in [1.807, 2.05) is 18.3 Å². The quantitative estimate of drug-likeness (QED) is 0.317. The molecule has 1 N–H and O–H groups in total. The van der Waals surface area contributed by atoms with E-state index in [2.05, 4.69) is 104 Å². The first-order valence-electron chi connectivity index (χ1n) is 12.2. The van der Waals surface area contributed by atoms with Crippen molar-refractivity contribution in [3.8, 4) is 5.69 Å². The Hall–Kier alpha value is -3.44. The molecule has 0 saturated carbocycles. The fraction of sp³-hybridized carbons (Fsp3) is 0.267. The van der Waals surface area contributed by atoms with Gasteiger partial charge in [-0.15, -0.1) is 0 Å². The van der Waals surface area contributed by atoms with Gasteiger partial charge in [0.2, 0.25) is 0 Å². The summed E-state index contributed by atoms with van der Waals surface area (Å²) in [5, 5.41) is 4.33. The van der Waals surface area contributed by atoms with Crippen LogP contribution in [0.4, 0.5) is 5.69 Å². The Morgan fingerprint density at radius 3 is 2.23 bits per heavy atom. The minimum absolute atomic E-state index is 0.0199. The number of nitrogens with one attached hydrogen (secondary N) is 1. The molecule has 0 bridgehead atoms. The van der Waals surface area contributed by atoms with E-state index in [1.54, 1.807) is 0 Å². The van der Waals surface area contributed by atoms with Crippen LogP contribution in [-0.4, -0.2) is 14.7 Å². The Balaban J connectivity index is 1.67. The maximum atomic E-state index is 5.95. The molecule has 5 rings (SSSR count). The first-order valence-corrected chi connectivity index (χ1v) is 12.6. The highest BCUT2D eigenvalue weighted by Crippen LogP contribution is 2.44. The van der Waals surface area contributed by atoms with Gasteiger partial charge in [-0.3, -0.25) is 4.98 Å². The zero-order valence-corrected chi connectivity index (χ0v) is 21.9. The topological polar surface area (TPSA) is 33.1 Å². The molecule has 0 spiro atoms. The van der Waals surface area contributed by atoms with Crippen molar-refractivity contribution >= 4 is 23.0 Å². The van der Waals surface area contributed by atoms with Crippen LogP contribution >= 0.6 is 12.2 Å². The van der Waals surface area contributed by atoms with E-state index in [1.165, 1.54) is 39.3 Å². The highest BCUT2D eigenvalue weighted by atomic mass is 32.1. The summed E-state index contributed by atoms with van der Waals surface area (Å²) >= 11 is 5.95. The molecular weight excluding hydrogens is 448 g/mol. The van der Waals surface area contributed by atoms with Crippen LogP contribution in [0.5, 0.6) is 0 Å². The van der Waals surface area contributed by atoms with Gasteiger partial charge in [0.05, 0.1) is 17.8 Å². The molecule has 178 valence electrons. The molecular formula is C30H32N4S. The van der Waals surface area contributed by atoms with E-state index in [-0.39, 0.29) is 12.1 Å². The van der Waals surface area contributed by atoms with E-state index in [4.69, 9.17) is 17.2 Å². The predicted molar refractivity (Wildman–Crippen MR) is 148 cm³/mol. The Kier molecular flexibility index (Phi) is 6.20. The third-order valence-corrected chi connectivity index (χ3v) is 7.29. The van der Waals surface area contributed by atoms with Crippen molar-refractivity contribution in [3.05, 3.63) is 112 Å². The SMILES string of the molecule is CCc1ccc(-n2c(C)cc([C@H]3[C@H](c4ccccn4)NC(=S)N3c3cc(C)cc(C)c3)c2C)cc1. The van der Waals surface area contributed by atoms with Gasteiger partial charge in [-0.05, 0) is 111 Å². The maximum absolute atomic E-state index is 5.95. The van der Waals surface area contributed by atoms with Crippen molar-refractivity contribution in [1.82, 2.24) is 14.9 Å². The van der Waals surface area contributed by atoms with E-state index < -0.39 is 0 Å². The summed E-state index contributed by atoms with van der Waals surface area (Å²) < 4.78 is 2.35. The van der Waals surface area contributed by atoms with E-state index in [0.29, 0.717) is 0 Å². The summed E-state index contributed by atoms with van der Waals surface area (Å²) in [6.07, 6.45) is 2.89. The lowest BCUT2D eigenvalue weighted by Crippen LogP contribution is -2.29. The number of benzene rings is 2. The van der Waals surface area contributed by atoms with Crippen LogP contribution in [0.2, 0.25) is 0 Å². The van der Waals surface area contributed by atoms with Crippen LogP contribution in [0.15, 0.2) is 72.9 Å². The van der Waals surface area contributed by atoms with Crippen LogP contribution < -0.4 is 10.2 Å². The molecule has 4 nitrogen and oxygen atoms in total. The first-order chi connectivity index (χ1) is 16.9. The zero-order valence-electron chi connectivity index (χ0n) is 21.0. The number of hydrogen-bond acceptors (Lipinski definition) is 2. The van der Waals surface area contributed by atoms with Gasteiger partial charge < -0.3 is 14.8 Å². The second-order valence-electron chi connectivity index (χ2n) is 9.52. The minimum atomic E-state index is -0.0547. The summed E-state index contributed by atoms with van der Waals surface area (Å²) in [5.74, 6) is 0. The molecule has 0 unspecified atom stereocenters. The van der Waals surface area contributed by atoms with E-state index in [0.717, 1.165) is 22.9 Å². The van der Waals surface area contributed by atoms with Crippen molar-refractivity contribution in [3.63, 3.8) is 0 Å². The molecule has 0 amide bonds. The third kappa shape index (κ3) is 4.25. The number of thiocarbonyl (C=S) groups is 1. The first kappa shape index (κ1) is 23.3. The lowest BCUT2D eigenvalue weighted by molar-refractivity contribution is 0.565. The molecule has 2 aromatic heterocycles. The normalized spacial score (nSPS) is 17.6. The standard InChI is InChI=1S/C30H32N4S/c1-6-23-10-12-24(13-11-23)33-21(4)18-26(22(33)5)29-28(27-9-7-8-14-31-27)32-30(35)34(29)25-16-19(2)15-20(3)17-25/h7-18,28-29H,6H2,1-5H3,(H,32,35)/t28-,29-/m0/s1. The van der Waals surface area contributed by atoms with Gasteiger partial charge in [-0.2, -0.15) is 0 Å². The number of nitrogens with zero attached hydrogens (tertiary/aromatic N) is 3. The molecule has 35 heavy (non-hydrogen) atoms. The average molecular weight is 481 g/mol. The van der Waals surface area contributed by atoms with E-state index >= 15 is 0 Å². The molecule has 0 aliphatic carbocycles. The van der Waals surface area contributed by atoms with Crippen LogP contribution in [0.25, 0.3) is 5.69 Å². The summed E-state index contributed by atoms with van der Waals surface area (Å²) in [6, 6.07) is 23.8. The Morgan fingerprint density at radius 2 is 1.60 bits per heavy atom. The van der Waals surface area contributed by atoms with Crippen LogP contribution in [0.1, 0.15) is 58.3 Å². The molecule has 1 fully saturated rings. The molecule has 1 aliphatic heterocycles. The molecule has 5 heteroatoms. The zero-order chi connectivity index (χ0) is 24.7. The lowest BCUT2D eigenvalue weighted by Gasteiger charge is -2.29. The van der Waals surface area contributed by atoms with Crippen LogP contribution in [0, 0.1) is 27.7 Å². The molecule has 2 aromatic carbocycles. The number of aryl methyl sites for hydroxylation is 4. The Morgan fingerprint density at radius 1 is 0.886 bits per heavy atom. The van der Waals surface area contributed by atoms with Crippen molar-refractivity contribution in [2.75, 3.05) is 4.90 Å². The largest absolute Gasteiger partial charge is 0.351 e. The van der Waals surface area contributed by atoms with Crippen molar-refractivity contribution in [2.24, 2.45) is 0 Å². The molecule has 1 aliphatic rings. The number of anilines is 1. The summed E-state index contributed by atoms with van der Waals surface area (Å²) in [4.78, 5) is 6.99. The monoisotopic (exact) mass is 480 g/mol. The number of aromatic nitrogens is 2. The third-order valence-electron chi connectivity index (χ3n) is 6.97. The van der Waals surface area contributed by atoms with Crippen LogP contribution in [-0.2, 0) is 6.42 Å². The molecule has 3 heterocycles. The van der Waals surface area contributed by atoms with Gasteiger partial charge in [-0.1, -0.05) is 31.2 Å². The summed E-state index contributed by atoms with van der Waals surface area (Å²) in [7, 11) is 0. The van der Waals surface area contributed by atoms with Gasteiger partial charge in [0.1, 0.15) is 0 Å². The fourth-order valence-electron chi connectivity index (χ4n) is 5.40. The molecule has 0 radical (unpaired) electrons. The number of rotatable bonds is 5. The Bertz CT molecular complexity index is 1350. The second-order valence-corrected chi connectivity index (χ2v) is 9.91. The van der Waals surface area contributed by atoms with Crippen molar-refractivity contribution in [1.29, 1.82) is 0 Å². The Labute approximate surface area is 213 Å². The lowest BCUT2D eigenvalue weighted by atomic mass is 9.96. The highest BCUT2D eigenvalue weighted by molar-refractivity contribution is 7.80. The fourth-order valence-corrected chi connectivity index (χ4v) is 5.75. The number of pyridine rings is 1. The minimum Gasteiger partial charge on any atom is -0.351 e. The molecule has 2 atom stereocenters. The van der Waals surface area contributed by atoms with Gasteiger partial charge in [0.25, 0.3) is 0 Å². The van der Waals surface area contributed by atoms with Gasteiger partial charge in [-0.25, -0.2) is 0 Å². The second kappa shape index (κ2) is 9.31. The number of hydrogen-bond donors (Lipinski definition) is 1. The van der Waals surface area contributed by atoms with Gasteiger partial charge >= 0.3 is 0 Å². The van der Waals surface area contributed by atoms with Gasteiger partial charge in [0.15, 0.2) is 5.11 Å². The van der Waals surface area contributed by atoms with Gasteiger partial charge in [0, 0.05) is 29.0 Å². The average Bonchev–Trinajstić information content (AvgIpc) is 3.34. The van der Waals surface area contributed by atoms with Crippen molar-refractivity contribution < 1.29 is 0 Å². The predicted octanol–water partition coefficient (Wildman–Crippen LogP) is 6.85. The molecule has 4 aromatic rings. The van der Waals surface area contributed by atoms with Crippen LogP contribution in [0.3, 0.4) is 0 Å². The summed E-state index contributed by atoms with van der Waals surface area (Å²) in [5.41, 5.74) is 10.8. The smallest absolute Gasteiger partial charge is 0.174 e. The van der Waals surface area contributed by atoms with E-state index in [9.17, 15) is 0 Å². The maximum Gasteiger partial charge on any atom is 0.174 e. The molecule has 1 saturated heterocycles.